The number of fused-ring (bicyclic) bond motifs is 1. The quantitative estimate of drug-likeness (QED) is 0.641. The molecule has 0 aliphatic heterocycles. The van der Waals surface area contributed by atoms with E-state index >= 15 is 0 Å². The van der Waals surface area contributed by atoms with Crippen molar-refractivity contribution in [2.45, 2.75) is 13.8 Å². The first-order valence-electron chi connectivity index (χ1n) is 8.48. The lowest BCUT2D eigenvalue weighted by molar-refractivity contribution is -0.113. The van der Waals surface area contributed by atoms with Gasteiger partial charge >= 0.3 is 0 Å². The molecule has 3 rings (SSSR count). The second-order valence-corrected chi connectivity index (χ2v) is 7.25. The Morgan fingerprint density at radius 2 is 1.78 bits per heavy atom. The minimum absolute atomic E-state index is 0.305. The maximum Gasteiger partial charge on any atom is 0.272 e. The molecule has 0 aliphatic rings. The lowest BCUT2D eigenvalue weighted by Gasteiger charge is -2.07. The summed E-state index contributed by atoms with van der Waals surface area (Å²) in [7, 11) is 5.10. The van der Waals surface area contributed by atoms with Gasteiger partial charge in [0.25, 0.3) is 5.91 Å². The molecule has 0 bridgehead atoms. The Kier molecular flexibility index (Phi) is 5.46. The molecule has 6 heteroatoms. The van der Waals surface area contributed by atoms with Crippen molar-refractivity contribution in [3.63, 3.8) is 0 Å². The van der Waals surface area contributed by atoms with Crippen molar-refractivity contribution in [2.24, 2.45) is 12.0 Å². The number of hydrogen-bond acceptors (Lipinski definition) is 4. The number of carbonyl (C=O) groups excluding carboxylic acids is 1. The van der Waals surface area contributed by atoms with Gasteiger partial charge in [-0.15, -0.1) is 0 Å². The van der Waals surface area contributed by atoms with E-state index in [4.69, 9.17) is 9.47 Å². The summed E-state index contributed by atoms with van der Waals surface area (Å²) >= 11 is 1.51. The summed E-state index contributed by atoms with van der Waals surface area (Å²) in [5.74, 6) is 0.958. The number of ether oxygens (including phenoxy) is 2. The minimum Gasteiger partial charge on any atom is -0.493 e. The Hall–Kier alpha value is -2.86. The van der Waals surface area contributed by atoms with Crippen LogP contribution in [0.25, 0.3) is 16.3 Å². The zero-order chi connectivity index (χ0) is 19.6. The third-order valence-corrected chi connectivity index (χ3v) is 5.55. The van der Waals surface area contributed by atoms with Gasteiger partial charge in [-0.1, -0.05) is 17.4 Å². The highest BCUT2D eigenvalue weighted by Crippen LogP contribution is 2.28. The molecule has 0 saturated heterocycles. The molecule has 0 aliphatic carbocycles. The van der Waals surface area contributed by atoms with Crippen molar-refractivity contribution in [1.29, 1.82) is 0 Å². The highest BCUT2D eigenvalue weighted by Gasteiger charge is 2.06. The predicted molar refractivity (Wildman–Crippen MR) is 109 cm³/mol. The van der Waals surface area contributed by atoms with Gasteiger partial charge in [0.05, 0.1) is 24.4 Å². The molecule has 0 spiro atoms. The Bertz CT molecular complexity index is 1110. The van der Waals surface area contributed by atoms with Gasteiger partial charge in [-0.2, -0.15) is 4.99 Å². The largest absolute Gasteiger partial charge is 0.493 e. The number of carbonyl (C=O) groups is 1. The van der Waals surface area contributed by atoms with Gasteiger partial charge in [0, 0.05) is 13.1 Å². The molecule has 27 heavy (non-hydrogen) atoms. The second kappa shape index (κ2) is 7.80. The topological polar surface area (TPSA) is 52.8 Å². The van der Waals surface area contributed by atoms with Crippen LogP contribution in [0, 0.1) is 13.8 Å². The molecule has 0 fully saturated rings. The van der Waals surface area contributed by atoms with E-state index in [1.165, 1.54) is 28.5 Å². The third kappa shape index (κ3) is 3.95. The van der Waals surface area contributed by atoms with Gasteiger partial charge in [0.1, 0.15) is 0 Å². The van der Waals surface area contributed by atoms with Crippen LogP contribution in [0.5, 0.6) is 11.5 Å². The maximum absolute atomic E-state index is 12.3. The molecular formula is C21H22N2O3S. The van der Waals surface area contributed by atoms with Crippen LogP contribution in [0.3, 0.4) is 0 Å². The van der Waals surface area contributed by atoms with E-state index in [9.17, 15) is 4.79 Å². The first-order valence-corrected chi connectivity index (χ1v) is 9.30. The molecule has 0 radical (unpaired) electrons. The molecule has 0 N–H and O–H groups in total. The van der Waals surface area contributed by atoms with Crippen molar-refractivity contribution in [3.05, 3.63) is 57.9 Å². The van der Waals surface area contributed by atoms with E-state index in [0.717, 1.165) is 15.8 Å². The average Bonchev–Trinajstić information content (AvgIpc) is 2.95. The second-order valence-electron chi connectivity index (χ2n) is 6.25. The number of hydrogen-bond donors (Lipinski definition) is 0. The summed E-state index contributed by atoms with van der Waals surface area (Å²) in [4.78, 5) is 17.2. The summed E-state index contributed by atoms with van der Waals surface area (Å²) < 4.78 is 13.6. The number of aryl methyl sites for hydroxylation is 3. The predicted octanol–water partition coefficient (Wildman–Crippen LogP) is 4.01. The molecule has 0 atom stereocenters. The summed E-state index contributed by atoms with van der Waals surface area (Å²) in [6.45, 7) is 4.17. The Balaban J connectivity index is 1.90. The van der Waals surface area contributed by atoms with E-state index in [2.05, 4.69) is 31.0 Å². The maximum atomic E-state index is 12.3. The average molecular weight is 382 g/mol. The number of amides is 1. The Morgan fingerprint density at radius 3 is 2.48 bits per heavy atom. The van der Waals surface area contributed by atoms with E-state index in [-0.39, 0.29) is 5.91 Å². The van der Waals surface area contributed by atoms with Crippen molar-refractivity contribution in [1.82, 2.24) is 4.57 Å². The Morgan fingerprint density at radius 1 is 1.07 bits per heavy atom. The number of nitrogens with zero attached hydrogens (tertiary/aromatic N) is 2. The number of thiazole rings is 1. The zero-order valence-electron chi connectivity index (χ0n) is 16.1. The van der Waals surface area contributed by atoms with E-state index < -0.39 is 0 Å². The van der Waals surface area contributed by atoms with E-state index in [0.29, 0.717) is 16.3 Å². The number of aromatic nitrogens is 1. The van der Waals surface area contributed by atoms with Crippen LogP contribution in [0.1, 0.15) is 16.7 Å². The first-order chi connectivity index (χ1) is 12.9. The minimum atomic E-state index is -0.305. The Labute approximate surface area is 162 Å². The molecule has 1 heterocycles. The van der Waals surface area contributed by atoms with Gasteiger partial charge in [-0.3, -0.25) is 4.79 Å². The number of benzene rings is 2. The standard InChI is InChI=1S/C21H22N2O3S/c1-13-10-16-19(11-14(13)2)27-21(23(16)3)22-20(24)9-7-15-6-8-17(25-4)18(12-15)26-5/h6-12H,1-5H3. The zero-order valence-corrected chi connectivity index (χ0v) is 16.9. The highest BCUT2D eigenvalue weighted by molar-refractivity contribution is 7.16. The lowest BCUT2D eigenvalue weighted by atomic mass is 10.1. The van der Waals surface area contributed by atoms with Crippen LogP contribution in [0.4, 0.5) is 0 Å². The van der Waals surface area contributed by atoms with Crippen molar-refractivity contribution < 1.29 is 14.3 Å². The fourth-order valence-corrected chi connectivity index (χ4v) is 3.85. The first kappa shape index (κ1) is 18.9. The van der Waals surface area contributed by atoms with Crippen LogP contribution < -0.4 is 14.3 Å². The third-order valence-electron chi connectivity index (χ3n) is 4.46. The smallest absolute Gasteiger partial charge is 0.272 e. The van der Waals surface area contributed by atoms with E-state index in [1.807, 2.05) is 23.7 Å². The SMILES string of the molecule is COc1ccc(C=CC(=O)N=c2sc3cc(C)c(C)cc3n2C)cc1OC. The fraction of sp³-hybridized carbons (Fsp3) is 0.238. The molecule has 1 aromatic heterocycles. The van der Waals surface area contributed by atoms with Crippen molar-refractivity contribution in [3.8, 4) is 11.5 Å². The number of rotatable bonds is 4. The lowest BCUT2D eigenvalue weighted by Crippen LogP contribution is -2.12. The van der Waals surface area contributed by atoms with Gasteiger partial charge in [0.15, 0.2) is 16.3 Å². The van der Waals surface area contributed by atoms with Crippen LogP contribution in [-0.4, -0.2) is 24.7 Å². The molecule has 0 saturated carbocycles. The molecule has 5 nitrogen and oxygen atoms in total. The van der Waals surface area contributed by atoms with Crippen LogP contribution >= 0.6 is 11.3 Å². The van der Waals surface area contributed by atoms with Gasteiger partial charge < -0.3 is 14.0 Å². The molecule has 3 aromatic rings. The summed E-state index contributed by atoms with van der Waals surface area (Å²) in [5, 5.41) is 0. The van der Waals surface area contributed by atoms with Crippen molar-refractivity contribution >= 4 is 33.5 Å². The van der Waals surface area contributed by atoms with Gasteiger partial charge in [0.2, 0.25) is 0 Å². The molecular weight excluding hydrogens is 360 g/mol. The summed E-state index contributed by atoms with van der Waals surface area (Å²) in [5.41, 5.74) is 4.37. The molecule has 140 valence electrons. The van der Waals surface area contributed by atoms with Crippen LogP contribution in [0.15, 0.2) is 41.4 Å². The fourth-order valence-electron chi connectivity index (χ4n) is 2.74. The molecule has 1 amide bonds. The van der Waals surface area contributed by atoms with Gasteiger partial charge in [-0.25, -0.2) is 0 Å². The normalized spacial score (nSPS) is 12.1. The van der Waals surface area contributed by atoms with Crippen molar-refractivity contribution in [2.75, 3.05) is 14.2 Å². The highest BCUT2D eigenvalue weighted by atomic mass is 32.1. The monoisotopic (exact) mass is 382 g/mol. The van der Waals surface area contributed by atoms with Crippen LogP contribution in [-0.2, 0) is 11.8 Å². The molecule has 2 aromatic carbocycles. The molecule has 0 unspecified atom stereocenters. The number of methoxy groups -OCH3 is 2. The summed E-state index contributed by atoms with van der Waals surface area (Å²) in [6, 6.07) is 9.74. The van der Waals surface area contributed by atoms with Gasteiger partial charge in [-0.05, 0) is 60.9 Å². The van der Waals surface area contributed by atoms with E-state index in [1.54, 1.807) is 26.4 Å². The van der Waals surface area contributed by atoms with Crippen LogP contribution in [0.2, 0.25) is 0 Å². The summed E-state index contributed by atoms with van der Waals surface area (Å²) in [6.07, 6.45) is 3.18.